The lowest BCUT2D eigenvalue weighted by atomic mass is 10.1. The molecule has 0 aliphatic heterocycles. The van der Waals surface area contributed by atoms with Crippen LogP contribution in [0.1, 0.15) is 16.9 Å². The van der Waals surface area contributed by atoms with Crippen molar-refractivity contribution in [3.8, 4) is 0 Å². The third-order valence-electron chi connectivity index (χ3n) is 3.03. The second-order valence-corrected chi connectivity index (χ2v) is 4.42. The van der Waals surface area contributed by atoms with Gasteiger partial charge in [0, 0.05) is 38.4 Å². The molecule has 1 heterocycles. The number of nitrogens with one attached hydrogen (secondary N) is 2. The van der Waals surface area contributed by atoms with E-state index in [1.165, 1.54) is 0 Å². The summed E-state index contributed by atoms with van der Waals surface area (Å²) >= 11 is 0. The molecule has 1 aromatic heterocycles. The average Bonchev–Trinajstić information content (AvgIpc) is 2.50. The first-order valence-electron chi connectivity index (χ1n) is 6.61. The standard InChI is InChI=1S/C15H19N3O2/c1-16-13-10-14(15(19)17-8-5-9-20-2)18-12-7-4-3-6-11(12)13/h3-4,6-7,10H,5,8-9H2,1-2H3,(H,16,18)(H,17,19). The molecule has 1 amide bonds. The molecule has 0 unspecified atom stereocenters. The van der Waals surface area contributed by atoms with Gasteiger partial charge < -0.3 is 15.4 Å². The zero-order chi connectivity index (χ0) is 14.4. The summed E-state index contributed by atoms with van der Waals surface area (Å²) in [5, 5.41) is 6.95. The van der Waals surface area contributed by atoms with Crippen LogP contribution in [0, 0.1) is 0 Å². The van der Waals surface area contributed by atoms with Crippen LogP contribution in [0.5, 0.6) is 0 Å². The average molecular weight is 273 g/mol. The molecule has 0 saturated heterocycles. The van der Waals surface area contributed by atoms with E-state index >= 15 is 0 Å². The Kier molecular flexibility index (Phi) is 4.90. The van der Waals surface area contributed by atoms with Crippen molar-refractivity contribution >= 4 is 22.5 Å². The summed E-state index contributed by atoms with van der Waals surface area (Å²) in [6, 6.07) is 9.52. The maximum Gasteiger partial charge on any atom is 0.269 e. The number of amides is 1. The monoisotopic (exact) mass is 273 g/mol. The van der Waals surface area contributed by atoms with Crippen LogP contribution >= 0.6 is 0 Å². The van der Waals surface area contributed by atoms with E-state index in [1.807, 2.05) is 31.3 Å². The smallest absolute Gasteiger partial charge is 0.269 e. The quantitative estimate of drug-likeness (QED) is 0.791. The van der Waals surface area contributed by atoms with Gasteiger partial charge in [-0.1, -0.05) is 18.2 Å². The van der Waals surface area contributed by atoms with Crippen LogP contribution in [0.4, 0.5) is 5.69 Å². The summed E-state index contributed by atoms with van der Waals surface area (Å²) < 4.78 is 4.95. The van der Waals surface area contributed by atoms with Crippen LogP contribution in [0.2, 0.25) is 0 Å². The largest absolute Gasteiger partial charge is 0.388 e. The Balaban J connectivity index is 2.19. The van der Waals surface area contributed by atoms with Crippen LogP contribution in [0.15, 0.2) is 30.3 Å². The predicted molar refractivity (Wildman–Crippen MR) is 80.1 cm³/mol. The summed E-state index contributed by atoms with van der Waals surface area (Å²) in [5.41, 5.74) is 2.13. The number of fused-ring (bicyclic) bond motifs is 1. The number of rotatable bonds is 6. The van der Waals surface area contributed by atoms with Crippen molar-refractivity contribution in [3.05, 3.63) is 36.0 Å². The fourth-order valence-corrected chi connectivity index (χ4v) is 2.01. The lowest BCUT2D eigenvalue weighted by Crippen LogP contribution is -2.26. The van der Waals surface area contributed by atoms with E-state index in [1.54, 1.807) is 13.2 Å². The molecule has 0 aliphatic carbocycles. The van der Waals surface area contributed by atoms with Crippen LogP contribution in [0.25, 0.3) is 10.9 Å². The first-order chi connectivity index (χ1) is 9.76. The van der Waals surface area contributed by atoms with E-state index in [0.717, 1.165) is 23.0 Å². The third-order valence-corrected chi connectivity index (χ3v) is 3.03. The van der Waals surface area contributed by atoms with E-state index in [9.17, 15) is 4.79 Å². The van der Waals surface area contributed by atoms with E-state index in [2.05, 4.69) is 15.6 Å². The molecule has 106 valence electrons. The molecule has 0 fully saturated rings. The fraction of sp³-hybridized carbons (Fsp3) is 0.333. The van der Waals surface area contributed by atoms with Gasteiger partial charge in [-0.25, -0.2) is 4.98 Å². The zero-order valence-electron chi connectivity index (χ0n) is 11.8. The molecule has 20 heavy (non-hydrogen) atoms. The molecule has 2 aromatic rings. The number of aromatic nitrogens is 1. The first-order valence-corrected chi connectivity index (χ1v) is 6.61. The van der Waals surface area contributed by atoms with E-state index < -0.39 is 0 Å². The van der Waals surface area contributed by atoms with Gasteiger partial charge in [-0.3, -0.25) is 4.79 Å². The summed E-state index contributed by atoms with van der Waals surface area (Å²) in [6.45, 7) is 1.21. The summed E-state index contributed by atoms with van der Waals surface area (Å²) in [5.74, 6) is -0.164. The number of para-hydroxylation sites is 1. The van der Waals surface area contributed by atoms with Gasteiger partial charge in [0.05, 0.1) is 5.52 Å². The predicted octanol–water partition coefficient (Wildman–Crippen LogP) is 2.04. The number of ether oxygens (including phenoxy) is 1. The molecule has 0 atom stereocenters. The van der Waals surface area contributed by atoms with E-state index in [4.69, 9.17) is 4.74 Å². The van der Waals surface area contributed by atoms with Crippen molar-refractivity contribution in [2.24, 2.45) is 0 Å². The minimum atomic E-state index is -0.164. The Bertz CT molecular complexity index is 599. The number of anilines is 1. The Morgan fingerprint density at radius 2 is 2.15 bits per heavy atom. The van der Waals surface area contributed by atoms with Crippen molar-refractivity contribution in [2.75, 3.05) is 32.6 Å². The molecule has 0 bridgehead atoms. The molecule has 0 spiro atoms. The number of pyridine rings is 1. The number of nitrogens with zero attached hydrogens (tertiary/aromatic N) is 1. The Morgan fingerprint density at radius 3 is 2.90 bits per heavy atom. The highest BCUT2D eigenvalue weighted by molar-refractivity contribution is 5.99. The molecule has 0 radical (unpaired) electrons. The van der Waals surface area contributed by atoms with Crippen LogP contribution in [-0.2, 0) is 4.74 Å². The minimum absolute atomic E-state index is 0.164. The van der Waals surface area contributed by atoms with Crippen molar-refractivity contribution in [3.63, 3.8) is 0 Å². The number of methoxy groups -OCH3 is 1. The highest BCUT2D eigenvalue weighted by atomic mass is 16.5. The molecule has 2 N–H and O–H groups in total. The normalized spacial score (nSPS) is 10.5. The van der Waals surface area contributed by atoms with Gasteiger partial charge in [0.15, 0.2) is 0 Å². The van der Waals surface area contributed by atoms with Gasteiger partial charge in [0.2, 0.25) is 0 Å². The van der Waals surface area contributed by atoms with Gasteiger partial charge in [0.1, 0.15) is 5.69 Å². The van der Waals surface area contributed by atoms with Crippen molar-refractivity contribution in [1.82, 2.24) is 10.3 Å². The minimum Gasteiger partial charge on any atom is -0.388 e. The van der Waals surface area contributed by atoms with Gasteiger partial charge in [0.25, 0.3) is 5.91 Å². The SMILES string of the molecule is CNc1cc(C(=O)NCCCOC)nc2ccccc12. The Hall–Kier alpha value is -2.14. The van der Waals surface area contributed by atoms with Crippen molar-refractivity contribution in [1.29, 1.82) is 0 Å². The molecule has 1 aromatic carbocycles. The molecule has 2 rings (SSSR count). The third kappa shape index (κ3) is 3.24. The van der Waals surface area contributed by atoms with Gasteiger partial charge in [-0.05, 0) is 18.6 Å². The van der Waals surface area contributed by atoms with Crippen LogP contribution in [0.3, 0.4) is 0 Å². The molecule has 0 saturated carbocycles. The molecule has 0 aliphatic rings. The topological polar surface area (TPSA) is 63.2 Å². The lowest BCUT2D eigenvalue weighted by molar-refractivity contribution is 0.0944. The molecule has 5 heteroatoms. The summed E-state index contributed by atoms with van der Waals surface area (Å²) in [4.78, 5) is 16.5. The number of benzene rings is 1. The van der Waals surface area contributed by atoms with Gasteiger partial charge in [-0.15, -0.1) is 0 Å². The maximum atomic E-state index is 12.1. The molecular formula is C15H19N3O2. The zero-order valence-corrected chi connectivity index (χ0v) is 11.8. The Labute approximate surface area is 118 Å². The molecular weight excluding hydrogens is 254 g/mol. The van der Waals surface area contributed by atoms with Crippen LogP contribution in [-0.4, -0.2) is 38.2 Å². The Morgan fingerprint density at radius 1 is 1.35 bits per heavy atom. The van der Waals surface area contributed by atoms with E-state index in [0.29, 0.717) is 18.8 Å². The van der Waals surface area contributed by atoms with Crippen molar-refractivity contribution in [2.45, 2.75) is 6.42 Å². The second kappa shape index (κ2) is 6.86. The number of carbonyl (C=O) groups is 1. The number of carbonyl (C=O) groups excluding carboxylic acids is 1. The summed E-state index contributed by atoms with van der Waals surface area (Å²) in [7, 11) is 3.48. The highest BCUT2D eigenvalue weighted by Gasteiger charge is 2.10. The number of hydrogen-bond acceptors (Lipinski definition) is 4. The first kappa shape index (κ1) is 14.3. The van der Waals surface area contributed by atoms with Gasteiger partial charge in [-0.2, -0.15) is 0 Å². The second-order valence-electron chi connectivity index (χ2n) is 4.42. The number of hydrogen-bond donors (Lipinski definition) is 2. The lowest BCUT2D eigenvalue weighted by Gasteiger charge is -2.09. The maximum absolute atomic E-state index is 12.1. The van der Waals surface area contributed by atoms with Crippen LogP contribution < -0.4 is 10.6 Å². The van der Waals surface area contributed by atoms with E-state index in [-0.39, 0.29) is 5.91 Å². The molecule has 5 nitrogen and oxygen atoms in total. The highest BCUT2D eigenvalue weighted by Crippen LogP contribution is 2.22. The van der Waals surface area contributed by atoms with Gasteiger partial charge >= 0.3 is 0 Å². The summed E-state index contributed by atoms with van der Waals surface area (Å²) in [6.07, 6.45) is 0.786. The fourth-order valence-electron chi connectivity index (χ4n) is 2.01. The van der Waals surface area contributed by atoms with Crippen molar-refractivity contribution < 1.29 is 9.53 Å².